The number of allylic oxidation sites excluding steroid dienone is 1. The Morgan fingerprint density at radius 3 is 2.42 bits per heavy atom. The average molecular weight is 338 g/mol. The summed E-state index contributed by atoms with van der Waals surface area (Å²) in [4.78, 5) is 23.5. The van der Waals surface area contributed by atoms with Crippen LogP contribution in [0.25, 0.3) is 0 Å². The van der Waals surface area contributed by atoms with Crippen molar-refractivity contribution in [3.05, 3.63) is 47.5 Å². The molecule has 0 N–H and O–H groups in total. The van der Waals surface area contributed by atoms with E-state index in [2.05, 4.69) is 4.74 Å². The van der Waals surface area contributed by atoms with E-state index in [1.807, 2.05) is 0 Å². The third kappa shape index (κ3) is 3.99. The van der Waals surface area contributed by atoms with Gasteiger partial charge < -0.3 is 9.47 Å². The first-order valence-electron chi connectivity index (χ1n) is 7.73. The van der Waals surface area contributed by atoms with E-state index in [9.17, 15) is 18.4 Å². The van der Waals surface area contributed by atoms with Crippen LogP contribution in [0.15, 0.2) is 36.2 Å². The maximum atomic E-state index is 13.7. The molecule has 0 aromatic heterocycles. The Kier molecular flexibility index (Phi) is 5.36. The second-order valence-electron chi connectivity index (χ2n) is 6.29. The number of carbonyl (C=O) groups is 2. The van der Waals surface area contributed by atoms with Crippen LogP contribution in [0.5, 0.6) is 0 Å². The van der Waals surface area contributed by atoms with Gasteiger partial charge in [-0.25, -0.2) is 9.18 Å². The van der Waals surface area contributed by atoms with Crippen molar-refractivity contribution in [2.24, 2.45) is 17.3 Å². The molecule has 4 nitrogen and oxygen atoms in total. The van der Waals surface area contributed by atoms with Crippen molar-refractivity contribution in [3.8, 4) is 0 Å². The summed E-state index contributed by atoms with van der Waals surface area (Å²) in [6.07, 6.45) is 1.13. The fourth-order valence-corrected chi connectivity index (χ4v) is 2.69. The summed E-state index contributed by atoms with van der Waals surface area (Å²) in [5.74, 6) is -3.82. The fourth-order valence-electron chi connectivity index (χ4n) is 2.69. The van der Waals surface area contributed by atoms with Crippen LogP contribution in [0.2, 0.25) is 0 Å². The molecule has 6 heteroatoms. The molecule has 0 aliphatic heterocycles. The van der Waals surface area contributed by atoms with Crippen molar-refractivity contribution in [2.75, 3.05) is 6.61 Å². The van der Waals surface area contributed by atoms with Gasteiger partial charge in [0.25, 0.3) is 0 Å². The van der Waals surface area contributed by atoms with Crippen LogP contribution in [0, 0.1) is 23.1 Å². The smallest absolute Gasteiger partial charge is 0.366 e. The third-order valence-corrected chi connectivity index (χ3v) is 4.26. The Balaban J connectivity index is 1.96. The Hall–Kier alpha value is -2.24. The fraction of sp³-hybridized carbons (Fsp3) is 0.444. The summed E-state index contributed by atoms with van der Waals surface area (Å²) in [7, 11) is 0. The van der Waals surface area contributed by atoms with Gasteiger partial charge in [0.15, 0.2) is 0 Å². The molecule has 1 aliphatic carbocycles. The van der Waals surface area contributed by atoms with Crippen LogP contribution in [-0.4, -0.2) is 18.5 Å². The van der Waals surface area contributed by atoms with Gasteiger partial charge in [0.05, 0.1) is 12.5 Å². The van der Waals surface area contributed by atoms with Gasteiger partial charge in [-0.05, 0) is 42.0 Å². The van der Waals surface area contributed by atoms with E-state index in [1.165, 1.54) is 24.3 Å². The number of hydrogen-bond acceptors (Lipinski definition) is 4. The Morgan fingerprint density at radius 1 is 1.21 bits per heavy atom. The first kappa shape index (κ1) is 18.1. The van der Waals surface area contributed by atoms with Gasteiger partial charge in [-0.1, -0.05) is 26.0 Å². The monoisotopic (exact) mass is 338 g/mol. The lowest BCUT2D eigenvalue weighted by molar-refractivity contribution is -0.147. The summed E-state index contributed by atoms with van der Waals surface area (Å²) >= 11 is 0. The average Bonchev–Trinajstić information content (AvgIpc) is 3.07. The number of halogens is 2. The Morgan fingerprint density at radius 2 is 1.83 bits per heavy atom. The van der Waals surface area contributed by atoms with Crippen molar-refractivity contribution in [2.45, 2.75) is 27.4 Å². The minimum atomic E-state index is -1.03. The lowest BCUT2D eigenvalue weighted by atomic mass is 10.1. The molecular weight excluding hydrogens is 318 g/mol. The van der Waals surface area contributed by atoms with Crippen molar-refractivity contribution >= 4 is 11.9 Å². The molecule has 1 aromatic carbocycles. The molecule has 0 unspecified atom stereocenters. The topological polar surface area (TPSA) is 52.6 Å². The van der Waals surface area contributed by atoms with Crippen LogP contribution in [0.4, 0.5) is 8.78 Å². The van der Waals surface area contributed by atoms with E-state index in [1.54, 1.807) is 20.8 Å². The zero-order valence-corrected chi connectivity index (χ0v) is 13.8. The second-order valence-corrected chi connectivity index (χ2v) is 6.29. The zero-order chi connectivity index (χ0) is 17.9. The zero-order valence-electron chi connectivity index (χ0n) is 13.8. The number of hydrogen-bond donors (Lipinski definition) is 0. The molecule has 1 fully saturated rings. The van der Waals surface area contributed by atoms with Gasteiger partial charge in [-0.2, -0.15) is 4.39 Å². The van der Waals surface area contributed by atoms with Gasteiger partial charge in [0, 0.05) is 0 Å². The van der Waals surface area contributed by atoms with Crippen molar-refractivity contribution < 1.29 is 27.8 Å². The summed E-state index contributed by atoms with van der Waals surface area (Å²) in [5.41, 5.74) is 0.164. The van der Waals surface area contributed by atoms with E-state index in [4.69, 9.17) is 4.74 Å². The van der Waals surface area contributed by atoms with E-state index in [0.29, 0.717) is 5.56 Å². The molecule has 1 aliphatic rings. The molecule has 1 aromatic rings. The predicted octanol–water partition coefficient (Wildman–Crippen LogP) is 3.56. The molecule has 0 heterocycles. The number of esters is 2. The quantitative estimate of drug-likeness (QED) is 0.588. The maximum absolute atomic E-state index is 13.7. The molecule has 0 saturated heterocycles. The van der Waals surface area contributed by atoms with E-state index in [-0.39, 0.29) is 19.0 Å². The highest BCUT2D eigenvalue weighted by Crippen LogP contribution is 2.60. The Labute approximate surface area is 139 Å². The minimum Gasteiger partial charge on any atom is -0.461 e. The predicted molar refractivity (Wildman–Crippen MR) is 82.8 cm³/mol. The van der Waals surface area contributed by atoms with Gasteiger partial charge in [-0.15, -0.1) is 0 Å². The van der Waals surface area contributed by atoms with Crippen LogP contribution in [-0.2, 0) is 25.7 Å². The summed E-state index contributed by atoms with van der Waals surface area (Å²) in [6.45, 7) is 5.29. The molecule has 0 radical (unpaired) electrons. The number of rotatable bonds is 6. The first-order valence-corrected chi connectivity index (χ1v) is 7.73. The molecular formula is C18H20F2O4. The highest BCUT2D eigenvalue weighted by molar-refractivity contribution is 5.86. The molecule has 130 valence electrons. The van der Waals surface area contributed by atoms with Gasteiger partial charge >= 0.3 is 11.9 Å². The molecule has 24 heavy (non-hydrogen) atoms. The minimum absolute atomic E-state index is 0.0164. The van der Waals surface area contributed by atoms with Crippen molar-refractivity contribution in [3.63, 3.8) is 0 Å². The molecule has 2 rings (SSSR count). The van der Waals surface area contributed by atoms with Crippen molar-refractivity contribution in [1.29, 1.82) is 0 Å². The Bertz CT molecular complexity index is 649. The summed E-state index contributed by atoms with van der Waals surface area (Å²) in [5, 5.41) is 0. The SMILES string of the molecule is CCOC(=O)/C(F)=C\[C@H]1[C@@H](C(=O)OCc2ccc(F)cc2)C1(C)C. The number of ether oxygens (including phenoxy) is 2. The maximum Gasteiger partial charge on any atom is 0.366 e. The highest BCUT2D eigenvalue weighted by Gasteiger charge is 2.62. The number of carbonyl (C=O) groups excluding carboxylic acids is 2. The molecule has 1 saturated carbocycles. The second kappa shape index (κ2) is 7.11. The van der Waals surface area contributed by atoms with E-state index >= 15 is 0 Å². The third-order valence-electron chi connectivity index (χ3n) is 4.26. The number of benzene rings is 1. The lowest BCUT2D eigenvalue weighted by Gasteiger charge is -2.05. The highest BCUT2D eigenvalue weighted by atomic mass is 19.1. The summed E-state index contributed by atoms with van der Waals surface area (Å²) < 4.78 is 36.4. The summed E-state index contributed by atoms with van der Waals surface area (Å²) in [6, 6.07) is 5.62. The normalized spacial score (nSPS) is 22.0. The van der Waals surface area contributed by atoms with Gasteiger partial charge in [0.2, 0.25) is 5.83 Å². The van der Waals surface area contributed by atoms with Crippen LogP contribution in [0.3, 0.4) is 0 Å². The first-order chi connectivity index (χ1) is 11.3. The molecule has 0 spiro atoms. The molecule has 0 amide bonds. The molecule has 0 bridgehead atoms. The van der Waals surface area contributed by atoms with E-state index < -0.39 is 35.0 Å². The molecule has 2 atom stereocenters. The lowest BCUT2D eigenvalue weighted by Crippen LogP contribution is -2.10. The standard InChI is InChI=1S/C18H20F2O4/c1-4-23-16(21)14(20)9-13-15(18(13,2)3)17(22)24-10-11-5-7-12(19)8-6-11/h5-9,13,15H,4,10H2,1-3H3/b14-9+/t13-,15-/m0/s1. The van der Waals surface area contributed by atoms with E-state index in [0.717, 1.165) is 6.08 Å². The van der Waals surface area contributed by atoms with Crippen LogP contribution in [0.1, 0.15) is 26.3 Å². The largest absolute Gasteiger partial charge is 0.461 e. The van der Waals surface area contributed by atoms with Gasteiger partial charge in [-0.3, -0.25) is 4.79 Å². The van der Waals surface area contributed by atoms with Crippen LogP contribution < -0.4 is 0 Å². The van der Waals surface area contributed by atoms with Crippen molar-refractivity contribution in [1.82, 2.24) is 0 Å². The van der Waals surface area contributed by atoms with Gasteiger partial charge in [0.1, 0.15) is 12.4 Å². The van der Waals surface area contributed by atoms with Crippen LogP contribution >= 0.6 is 0 Å².